The van der Waals surface area contributed by atoms with Crippen molar-refractivity contribution in [3.63, 3.8) is 0 Å². The van der Waals surface area contributed by atoms with Gasteiger partial charge in [-0.15, -0.1) is 12.4 Å². The molecule has 1 saturated heterocycles. The lowest BCUT2D eigenvalue weighted by atomic mass is 10.1. The van der Waals surface area contributed by atoms with Crippen LogP contribution in [0, 0.1) is 5.82 Å². The highest BCUT2D eigenvalue weighted by atomic mass is 35.5. The van der Waals surface area contributed by atoms with Gasteiger partial charge < -0.3 is 15.0 Å². The molecule has 0 saturated carbocycles. The summed E-state index contributed by atoms with van der Waals surface area (Å²) in [6, 6.07) is 5.78. The van der Waals surface area contributed by atoms with Crippen LogP contribution in [-0.4, -0.2) is 47.3 Å². The van der Waals surface area contributed by atoms with Crippen LogP contribution in [0.1, 0.15) is 23.3 Å². The van der Waals surface area contributed by atoms with Crippen LogP contribution in [0.5, 0.6) is 0 Å². The van der Waals surface area contributed by atoms with Crippen molar-refractivity contribution in [1.29, 1.82) is 0 Å². The number of rotatable bonds is 4. The molecule has 2 unspecified atom stereocenters. The Morgan fingerprint density at radius 3 is 2.72 bits per heavy atom. The van der Waals surface area contributed by atoms with Gasteiger partial charge in [-0.25, -0.2) is 4.39 Å². The first-order valence-corrected chi connectivity index (χ1v) is 7.90. The molecule has 2 atom stereocenters. The van der Waals surface area contributed by atoms with Crippen molar-refractivity contribution in [2.45, 2.75) is 12.1 Å². The van der Waals surface area contributed by atoms with Gasteiger partial charge in [-0.3, -0.25) is 9.48 Å². The number of ether oxygens (including phenoxy) is 1. The van der Waals surface area contributed by atoms with Crippen molar-refractivity contribution >= 4 is 18.3 Å². The SMILES string of the molecule is CNC(C(=O)N1CCOC(c2ccc(F)cc2)C1)c1cnn(C)c1.Cl. The molecule has 0 radical (unpaired) electrons. The second kappa shape index (κ2) is 8.42. The minimum Gasteiger partial charge on any atom is -0.370 e. The molecule has 1 aromatic carbocycles. The molecule has 1 aromatic heterocycles. The van der Waals surface area contributed by atoms with Crippen molar-refractivity contribution in [1.82, 2.24) is 20.0 Å². The van der Waals surface area contributed by atoms with Crippen molar-refractivity contribution in [3.05, 3.63) is 53.6 Å². The summed E-state index contributed by atoms with van der Waals surface area (Å²) < 4.78 is 20.5. The predicted octanol–water partition coefficient (Wildman–Crippen LogP) is 1.84. The third-order valence-electron chi connectivity index (χ3n) is 4.21. The zero-order chi connectivity index (χ0) is 17.1. The van der Waals surface area contributed by atoms with Crippen molar-refractivity contribution in [2.24, 2.45) is 7.05 Å². The fraction of sp³-hybridized carbons (Fsp3) is 0.412. The molecule has 0 bridgehead atoms. The van der Waals surface area contributed by atoms with Gasteiger partial charge in [-0.05, 0) is 24.7 Å². The normalized spacial score (nSPS) is 18.5. The average Bonchev–Trinajstić information content (AvgIpc) is 3.02. The van der Waals surface area contributed by atoms with Gasteiger partial charge in [0.1, 0.15) is 18.0 Å². The summed E-state index contributed by atoms with van der Waals surface area (Å²) in [7, 11) is 3.58. The number of nitrogens with one attached hydrogen (secondary N) is 1. The average molecular weight is 369 g/mol. The summed E-state index contributed by atoms with van der Waals surface area (Å²) in [5.74, 6) is -0.296. The number of morpholine rings is 1. The van der Waals surface area contributed by atoms with Gasteiger partial charge >= 0.3 is 0 Å². The lowest BCUT2D eigenvalue weighted by molar-refractivity contribution is -0.141. The first-order chi connectivity index (χ1) is 11.6. The Hall–Kier alpha value is -1.96. The number of benzene rings is 1. The minimum absolute atomic E-state index is 0. The number of aryl methyl sites for hydroxylation is 1. The van der Waals surface area contributed by atoms with Crippen LogP contribution in [0.4, 0.5) is 4.39 Å². The molecule has 3 rings (SSSR count). The number of halogens is 2. The summed E-state index contributed by atoms with van der Waals surface area (Å²) in [6.45, 7) is 1.44. The molecule has 6 nitrogen and oxygen atoms in total. The standard InChI is InChI=1S/C17H21FN4O2.ClH/c1-19-16(13-9-20-21(2)10-13)17(23)22-7-8-24-15(11-22)12-3-5-14(18)6-4-12;/h3-6,9-10,15-16,19H,7-8,11H2,1-2H3;1H. The van der Waals surface area contributed by atoms with Gasteiger partial charge in [0.2, 0.25) is 5.91 Å². The van der Waals surface area contributed by atoms with Crippen LogP contribution in [0.3, 0.4) is 0 Å². The van der Waals surface area contributed by atoms with Gasteiger partial charge in [0.25, 0.3) is 0 Å². The van der Waals surface area contributed by atoms with Gasteiger partial charge in [0.15, 0.2) is 0 Å². The lowest BCUT2D eigenvalue weighted by Crippen LogP contribution is -2.46. The molecule has 1 N–H and O–H groups in total. The zero-order valence-electron chi connectivity index (χ0n) is 14.2. The van der Waals surface area contributed by atoms with E-state index >= 15 is 0 Å². The van der Waals surface area contributed by atoms with Crippen molar-refractivity contribution < 1.29 is 13.9 Å². The number of nitrogens with zero attached hydrogens (tertiary/aromatic N) is 3. The molecule has 2 aromatic rings. The van der Waals surface area contributed by atoms with E-state index in [0.29, 0.717) is 19.7 Å². The second-order valence-electron chi connectivity index (χ2n) is 5.86. The molecule has 1 amide bonds. The van der Waals surface area contributed by atoms with E-state index in [2.05, 4.69) is 10.4 Å². The van der Waals surface area contributed by atoms with Gasteiger partial charge in [-0.2, -0.15) is 5.10 Å². The molecule has 1 aliphatic heterocycles. The molecule has 8 heteroatoms. The third-order valence-corrected chi connectivity index (χ3v) is 4.21. The summed E-state index contributed by atoms with van der Waals surface area (Å²) in [5, 5.41) is 7.19. The highest BCUT2D eigenvalue weighted by Crippen LogP contribution is 2.25. The van der Waals surface area contributed by atoms with E-state index in [1.54, 1.807) is 35.0 Å². The van der Waals surface area contributed by atoms with Crippen LogP contribution in [0.25, 0.3) is 0 Å². The Bertz CT molecular complexity index is 707. The summed E-state index contributed by atoms with van der Waals surface area (Å²) in [6.07, 6.45) is 3.28. The van der Waals surface area contributed by atoms with Crippen molar-refractivity contribution in [3.8, 4) is 0 Å². The number of aromatic nitrogens is 2. The molecular formula is C17H22ClFN4O2. The van der Waals surface area contributed by atoms with Gasteiger partial charge in [-0.1, -0.05) is 12.1 Å². The van der Waals surface area contributed by atoms with Crippen LogP contribution >= 0.6 is 12.4 Å². The Labute approximate surface area is 152 Å². The quantitative estimate of drug-likeness (QED) is 0.894. The highest BCUT2D eigenvalue weighted by molar-refractivity contribution is 5.85. The fourth-order valence-electron chi connectivity index (χ4n) is 2.93. The topological polar surface area (TPSA) is 59.4 Å². The van der Waals surface area contributed by atoms with Crippen LogP contribution < -0.4 is 5.32 Å². The van der Waals surface area contributed by atoms with E-state index < -0.39 is 6.04 Å². The first-order valence-electron chi connectivity index (χ1n) is 7.90. The molecule has 25 heavy (non-hydrogen) atoms. The minimum atomic E-state index is -0.439. The fourth-order valence-corrected chi connectivity index (χ4v) is 2.93. The first kappa shape index (κ1) is 19.4. The van der Waals surface area contributed by atoms with E-state index in [4.69, 9.17) is 4.74 Å². The maximum Gasteiger partial charge on any atom is 0.244 e. The Balaban J connectivity index is 0.00000225. The van der Waals surface area contributed by atoms with Crippen molar-refractivity contribution in [2.75, 3.05) is 26.7 Å². The number of carbonyl (C=O) groups excluding carboxylic acids is 1. The summed E-state index contributed by atoms with van der Waals surface area (Å²) >= 11 is 0. The Morgan fingerprint density at radius 2 is 2.12 bits per heavy atom. The summed E-state index contributed by atoms with van der Waals surface area (Å²) in [4.78, 5) is 14.7. The smallest absolute Gasteiger partial charge is 0.244 e. The molecular weight excluding hydrogens is 347 g/mol. The molecule has 1 fully saturated rings. The Kier molecular flexibility index (Phi) is 6.52. The number of likely N-dealkylation sites (N-methyl/N-ethyl adjacent to an activating group) is 1. The lowest BCUT2D eigenvalue weighted by Gasteiger charge is -2.35. The predicted molar refractivity (Wildman–Crippen MR) is 93.9 cm³/mol. The van der Waals surface area contributed by atoms with E-state index in [1.807, 2.05) is 13.2 Å². The molecule has 1 aliphatic rings. The van der Waals surface area contributed by atoms with Gasteiger partial charge in [0.05, 0.1) is 19.3 Å². The number of hydrogen-bond donors (Lipinski definition) is 1. The molecule has 0 spiro atoms. The van der Waals surface area contributed by atoms with Gasteiger partial charge in [0, 0.05) is 25.4 Å². The third kappa shape index (κ3) is 4.36. The maximum absolute atomic E-state index is 13.1. The summed E-state index contributed by atoms with van der Waals surface area (Å²) in [5.41, 5.74) is 1.70. The monoisotopic (exact) mass is 368 g/mol. The maximum atomic E-state index is 13.1. The van der Waals surface area contributed by atoms with Crippen LogP contribution in [0.15, 0.2) is 36.7 Å². The van der Waals surface area contributed by atoms with E-state index in [1.165, 1.54) is 12.1 Å². The number of amides is 1. The van der Waals surface area contributed by atoms with Crippen LogP contribution in [-0.2, 0) is 16.6 Å². The molecule has 2 heterocycles. The Morgan fingerprint density at radius 1 is 1.40 bits per heavy atom. The zero-order valence-corrected chi connectivity index (χ0v) is 15.0. The van der Waals surface area contributed by atoms with E-state index in [-0.39, 0.29) is 30.2 Å². The largest absolute Gasteiger partial charge is 0.370 e. The van der Waals surface area contributed by atoms with Crippen LogP contribution in [0.2, 0.25) is 0 Å². The number of hydrogen-bond acceptors (Lipinski definition) is 4. The van der Waals surface area contributed by atoms with E-state index in [0.717, 1.165) is 11.1 Å². The molecule has 136 valence electrons. The van der Waals surface area contributed by atoms with E-state index in [9.17, 15) is 9.18 Å². The second-order valence-corrected chi connectivity index (χ2v) is 5.86. The molecule has 0 aliphatic carbocycles. The number of carbonyl (C=O) groups is 1. The highest BCUT2D eigenvalue weighted by Gasteiger charge is 2.30.